The van der Waals surface area contributed by atoms with E-state index in [4.69, 9.17) is 16.3 Å². The second-order valence-electron chi connectivity index (χ2n) is 7.13. The van der Waals surface area contributed by atoms with Crippen LogP contribution in [-0.2, 0) is 17.7 Å². The third kappa shape index (κ3) is 6.21. The number of para-hydroxylation sites is 2. The number of benzene rings is 3. The van der Waals surface area contributed by atoms with Gasteiger partial charge in [0.05, 0.1) is 29.0 Å². The summed E-state index contributed by atoms with van der Waals surface area (Å²) in [6.07, 6.45) is 0.857. The monoisotopic (exact) mass is 412 g/mol. The zero-order valence-corrected chi connectivity index (χ0v) is 17.5. The molecule has 0 saturated heterocycles. The first-order valence-corrected chi connectivity index (χ1v) is 10.0. The first kappa shape index (κ1) is 21.2. The van der Waals surface area contributed by atoms with Gasteiger partial charge >= 0.3 is 0 Å². The van der Waals surface area contributed by atoms with Crippen molar-refractivity contribution in [2.75, 3.05) is 24.4 Å². The molecule has 0 amide bonds. The molecule has 0 aromatic heterocycles. The maximum atomic E-state index is 13.4. The summed E-state index contributed by atoms with van der Waals surface area (Å²) < 4.78 is 18.8. The van der Waals surface area contributed by atoms with Gasteiger partial charge in [0.25, 0.3) is 0 Å². The summed E-state index contributed by atoms with van der Waals surface area (Å²) in [4.78, 5) is 0. The normalized spacial score (nSPS) is 11.9. The molecule has 0 fully saturated rings. The maximum Gasteiger partial charge on any atom is 0.141 e. The van der Waals surface area contributed by atoms with Crippen molar-refractivity contribution in [1.82, 2.24) is 0 Å². The van der Waals surface area contributed by atoms with Crippen LogP contribution in [0.5, 0.6) is 0 Å². The summed E-state index contributed by atoms with van der Waals surface area (Å²) in [5, 5.41) is 7.14. The van der Waals surface area contributed by atoms with E-state index in [1.54, 1.807) is 19.2 Å². The highest BCUT2D eigenvalue weighted by molar-refractivity contribution is 6.30. The van der Waals surface area contributed by atoms with Crippen molar-refractivity contribution in [3.05, 3.63) is 94.3 Å². The van der Waals surface area contributed by atoms with Gasteiger partial charge in [-0.25, -0.2) is 4.39 Å². The molecule has 0 unspecified atom stereocenters. The number of aryl methyl sites for hydroxylation is 1. The Morgan fingerprint density at radius 3 is 2.34 bits per heavy atom. The van der Waals surface area contributed by atoms with Crippen molar-refractivity contribution in [2.45, 2.75) is 25.9 Å². The van der Waals surface area contributed by atoms with Crippen LogP contribution in [0.3, 0.4) is 0 Å². The lowest BCUT2D eigenvalue weighted by atomic mass is 10.0. The van der Waals surface area contributed by atoms with Gasteiger partial charge in [-0.05, 0) is 48.7 Å². The second kappa shape index (κ2) is 10.3. The molecule has 3 aromatic carbocycles. The Hall–Kier alpha value is -2.56. The molecule has 0 radical (unpaired) electrons. The Morgan fingerprint density at radius 1 is 0.966 bits per heavy atom. The summed E-state index contributed by atoms with van der Waals surface area (Å²) in [6.45, 7) is 3.23. The number of ether oxygens (including phenoxy) is 1. The zero-order valence-electron chi connectivity index (χ0n) is 16.7. The Labute approximate surface area is 176 Å². The van der Waals surface area contributed by atoms with Gasteiger partial charge in [0.1, 0.15) is 5.82 Å². The summed E-state index contributed by atoms with van der Waals surface area (Å²) in [6, 6.07) is 21.5. The summed E-state index contributed by atoms with van der Waals surface area (Å²) in [5.74, 6) is -0.406. The molecule has 29 heavy (non-hydrogen) atoms. The fourth-order valence-electron chi connectivity index (χ4n) is 3.19. The van der Waals surface area contributed by atoms with Crippen LogP contribution in [0.1, 0.15) is 16.7 Å². The molecule has 152 valence electrons. The number of hydrogen-bond acceptors (Lipinski definition) is 3. The molecule has 3 rings (SSSR count). The van der Waals surface area contributed by atoms with E-state index < -0.39 is 5.82 Å². The topological polar surface area (TPSA) is 33.3 Å². The predicted molar refractivity (Wildman–Crippen MR) is 119 cm³/mol. The van der Waals surface area contributed by atoms with Gasteiger partial charge < -0.3 is 15.4 Å². The highest BCUT2D eigenvalue weighted by Gasteiger charge is 2.12. The average molecular weight is 413 g/mol. The Bertz CT molecular complexity index is 930. The molecule has 0 aliphatic rings. The predicted octanol–water partition coefficient (Wildman–Crippen LogP) is 6.07. The van der Waals surface area contributed by atoms with Crippen molar-refractivity contribution in [3.8, 4) is 0 Å². The van der Waals surface area contributed by atoms with E-state index >= 15 is 0 Å². The van der Waals surface area contributed by atoms with Crippen molar-refractivity contribution in [1.29, 1.82) is 0 Å². The fraction of sp³-hybridized carbons (Fsp3) is 0.250. The molecule has 2 N–H and O–H groups in total. The largest absolute Gasteiger partial charge is 0.383 e. The van der Waals surface area contributed by atoms with Crippen LogP contribution in [0.4, 0.5) is 15.8 Å². The van der Waals surface area contributed by atoms with E-state index in [9.17, 15) is 4.39 Å². The molecular formula is C24H26ClFN2O. The third-order valence-electron chi connectivity index (χ3n) is 4.72. The summed E-state index contributed by atoms with van der Waals surface area (Å²) >= 11 is 5.89. The van der Waals surface area contributed by atoms with Gasteiger partial charge in [-0.2, -0.15) is 0 Å². The van der Waals surface area contributed by atoms with Gasteiger partial charge in [-0.1, -0.05) is 59.6 Å². The van der Waals surface area contributed by atoms with Gasteiger partial charge in [-0.15, -0.1) is 0 Å². The molecular weight excluding hydrogens is 387 g/mol. The Kier molecular flexibility index (Phi) is 7.50. The minimum Gasteiger partial charge on any atom is -0.383 e. The Morgan fingerprint density at radius 2 is 1.66 bits per heavy atom. The minimum atomic E-state index is -0.406. The van der Waals surface area contributed by atoms with E-state index in [-0.39, 0.29) is 11.1 Å². The van der Waals surface area contributed by atoms with Crippen LogP contribution in [0.15, 0.2) is 66.7 Å². The molecule has 3 nitrogen and oxygen atoms in total. The quantitative estimate of drug-likeness (QED) is 0.447. The maximum absolute atomic E-state index is 13.4. The van der Waals surface area contributed by atoms with Crippen molar-refractivity contribution in [3.63, 3.8) is 0 Å². The first-order valence-electron chi connectivity index (χ1n) is 9.63. The van der Waals surface area contributed by atoms with E-state index in [1.807, 2.05) is 24.3 Å². The number of methoxy groups -OCH3 is 1. The zero-order chi connectivity index (χ0) is 20.6. The first-order chi connectivity index (χ1) is 14.0. The van der Waals surface area contributed by atoms with E-state index in [2.05, 4.69) is 41.8 Å². The minimum absolute atomic E-state index is 0.130. The highest BCUT2D eigenvalue weighted by atomic mass is 35.5. The molecule has 0 aliphatic carbocycles. The van der Waals surface area contributed by atoms with E-state index in [1.165, 1.54) is 17.2 Å². The van der Waals surface area contributed by atoms with Crippen LogP contribution in [0.25, 0.3) is 0 Å². The number of halogens is 2. The molecule has 0 spiro atoms. The highest BCUT2D eigenvalue weighted by Crippen LogP contribution is 2.24. The Balaban J connectivity index is 1.70. The number of hydrogen-bond donors (Lipinski definition) is 2. The van der Waals surface area contributed by atoms with Crippen molar-refractivity contribution < 1.29 is 9.13 Å². The molecule has 0 aliphatic heterocycles. The molecule has 1 atom stereocenters. The lowest BCUT2D eigenvalue weighted by molar-refractivity contribution is 0.185. The van der Waals surface area contributed by atoms with Crippen molar-refractivity contribution >= 4 is 23.0 Å². The molecule has 0 saturated carbocycles. The van der Waals surface area contributed by atoms with Crippen LogP contribution in [-0.4, -0.2) is 19.8 Å². The SMILES string of the molecule is COC[C@H](Cc1ccc(C)cc1)Nc1ccccc1NCc1ccc(F)c(Cl)c1. The number of nitrogens with one attached hydrogen (secondary N) is 2. The smallest absolute Gasteiger partial charge is 0.141 e. The van der Waals surface area contributed by atoms with Gasteiger partial charge in [0, 0.05) is 13.7 Å². The standard InChI is InChI=1S/C24H26ClFN2O/c1-17-7-9-18(10-8-17)13-20(16-29-2)28-24-6-4-3-5-23(24)27-15-19-11-12-22(26)21(25)14-19/h3-12,14,20,27-28H,13,15-16H2,1-2H3/t20-/m0/s1. The van der Waals surface area contributed by atoms with Crippen LogP contribution >= 0.6 is 11.6 Å². The molecule has 5 heteroatoms. The fourth-order valence-corrected chi connectivity index (χ4v) is 3.39. The van der Waals surface area contributed by atoms with E-state index in [0.29, 0.717) is 13.2 Å². The van der Waals surface area contributed by atoms with Gasteiger partial charge in [0.2, 0.25) is 0 Å². The van der Waals surface area contributed by atoms with Crippen molar-refractivity contribution in [2.24, 2.45) is 0 Å². The molecule has 0 bridgehead atoms. The molecule has 0 heterocycles. The van der Waals surface area contributed by atoms with E-state index in [0.717, 1.165) is 23.4 Å². The summed E-state index contributed by atoms with van der Waals surface area (Å²) in [5.41, 5.74) is 5.39. The second-order valence-corrected chi connectivity index (χ2v) is 7.54. The molecule has 3 aromatic rings. The van der Waals surface area contributed by atoms with Crippen LogP contribution in [0, 0.1) is 12.7 Å². The number of rotatable bonds is 9. The van der Waals surface area contributed by atoms with Gasteiger partial charge in [0.15, 0.2) is 0 Å². The van der Waals surface area contributed by atoms with Crippen LogP contribution in [0.2, 0.25) is 5.02 Å². The van der Waals surface area contributed by atoms with Crippen LogP contribution < -0.4 is 10.6 Å². The lowest BCUT2D eigenvalue weighted by Gasteiger charge is -2.22. The lowest BCUT2D eigenvalue weighted by Crippen LogP contribution is -2.28. The average Bonchev–Trinajstić information content (AvgIpc) is 2.72. The summed E-state index contributed by atoms with van der Waals surface area (Å²) in [7, 11) is 1.71. The number of anilines is 2. The third-order valence-corrected chi connectivity index (χ3v) is 5.01. The van der Waals surface area contributed by atoms with Gasteiger partial charge in [-0.3, -0.25) is 0 Å².